The molecule has 1 amide bonds. The number of rotatable bonds is 5. The van der Waals surface area contributed by atoms with Crippen molar-refractivity contribution in [3.05, 3.63) is 29.3 Å². The van der Waals surface area contributed by atoms with E-state index in [0.29, 0.717) is 12.6 Å². The molecule has 0 aliphatic carbocycles. The Morgan fingerprint density at radius 3 is 2.81 bits per heavy atom. The van der Waals surface area contributed by atoms with Crippen LogP contribution in [0.3, 0.4) is 0 Å². The first-order valence-electron chi connectivity index (χ1n) is 7.83. The smallest absolute Gasteiger partial charge is 0.238 e. The van der Waals surface area contributed by atoms with Gasteiger partial charge >= 0.3 is 0 Å². The van der Waals surface area contributed by atoms with Crippen molar-refractivity contribution in [1.29, 1.82) is 0 Å². The van der Waals surface area contributed by atoms with Crippen LogP contribution < -0.4 is 10.6 Å². The maximum Gasteiger partial charge on any atom is 0.238 e. The van der Waals surface area contributed by atoms with Gasteiger partial charge in [0.1, 0.15) is 0 Å². The van der Waals surface area contributed by atoms with Crippen LogP contribution in [0.5, 0.6) is 0 Å². The van der Waals surface area contributed by atoms with Gasteiger partial charge in [-0.3, -0.25) is 9.69 Å². The highest BCUT2D eigenvalue weighted by molar-refractivity contribution is 5.92. The molecule has 1 aromatic carbocycles. The van der Waals surface area contributed by atoms with Crippen molar-refractivity contribution >= 4 is 11.6 Å². The Labute approximate surface area is 127 Å². The van der Waals surface area contributed by atoms with Crippen LogP contribution >= 0.6 is 0 Å². The summed E-state index contributed by atoms with van der Waals surface area (Å²) in [5.74, 6) is 0.0524. The molecule has 1 aromatic rings. The summed E-state index contributed by atoms with van der Waals surface area (Å²) in [5.41, 5.74) is 3.33. The van der Waals surface area contributed by atoms with Gasteiger partial charge in [0.05, 0.1) is 6.54 Å². The molecule has 0 spiro atoms. The first-order valence-corrected chi connectivity index (χ1v) is 7.83. The predicted octanol–water partition coefficient (Wildman–Crippen LogP) is 2.32. The topological polar surface area (TPSA) is 44.4 Å². The lowest BCUT2D eigenvalue weighted by Crippen LogP contribution is -2.44. The summed E-state index contributed by atoms with van der Waals surface area (Å²) in [6.07, 6.45) is 3.77. The Morgan fingerprint density at radius 1 is 1.33 bits per heavy atom. The second-order valence-corrected chi connectivity index (χ2v) is 6.19. The molecule has 4 nitrogen and oxygen atoms in total. The van der Waals surface area contributed by atoms with Crippen LogP contribution in [0.25, 0.3) is 0 Å². The molecule has 4 heteroatoms. The number of nitrogens with zero attached hydrogens (tertiary/aromatic N) is 1. The number of hydrogen-bond donors (Lipinski definition) is 2. The highest BCUT2D eigenvalue weighted by Crippen LogP contribution is 2.14. The van der Waals surface area contributed by atoms with Crippen molar-refractivity contribution in [3.63, 3.8) is 0 Å². The summed E-state index contributed by atoms with van der Waals surface area (Å²) >= 11 is 0. The first-order chi connectivity index (χ1) is 10.0. The van der Waals surface area contributed by atoms with Crippen molar-refractivity contribution in [3.8, 4) is 0 Å². The van der Waals surface area contributed by atoms with Gasteiger partial charge in [0.15, 0.2) is 0 Å². The number of amides is 1. The molecule has 0 saturated carbocycles. The number of carbonyl (C=O) groups is 1. The summed E-state index contributed by atoms with van der Waals surface area (Å²) in [5, 5.41) is 6.49. The van der Waals surface area contributed by atoms with E-state index in [1.807, 2.05) is 25.2 Å². The van der Waals surface area contributed by atoms with Crippen molar-refractivity contribution in [2.24, 2.45) is 0 Å². The van der Waals surface area contributed by atoms with Crippen molar-refractivity contribution in [2.45, 2.75) is 39.2 Å². The molecule has 1 aliphatic rings. The van der Waals surface area contributed by atoms with Crippen LogP contribution in [0.15, 0.2) is 18.2 Å². The molecule has 0 aromatic heterocycles. The third-order valence-corrected chi connectivity index (χ3v) is 4.15. The van der Waals surface area contributed by atoms with E-state index in [4.69, 9.17) is 0 Å². The van der Waals surface area contributed by atoms with E-state index in [-0.39, 0.29) is 5.91 Å². The molecular formula is C17H27N3O. The Balaban J connectivity index is 1.78. The number of nitrogens with one attached hydrogen (secondary N) is 2. The van der Waals surface area contributed by atoms with Gasteiger partial charge in [0.2, 0.25) is 5.91 Å². The molecule has 0 bridgehead atoms. The van der Waals surface area contributed by atoms with Gasteiger partial charge in [0.25, 0.3) is 0 Å². The summed E-state index contributed by atoms with van der Waals surface area (Å²) < 4.78 is 0. The molecule has 1 heterocycles. The Bertz CT molecular complexity index is 481. The number of benzene rings is 1. The van der Waals surface area contributed by atoms with Gasteiger partial charge in [-0.1, -0.05) is 12.5 Å². The molecule has 1 fully saturated rings. The lowest BCUT2D eigenvalue weighted by Gasteiger charge is -2.27. The third kappa shape index (κ3) is 5.14. The molecule has 1 atom stereocenters. The Kier molecular flexibility index (Phi) is 5.76. The number of aryl methyl sites for hydroxylation is 2. The van der Waals surface area contributed by atoms with Crippen LogP contribution in [0, 0.1) is 13.8 Å². The first kappa shape index (κ1) is 16.0. The molecule has 1 saturated heterocycles. The predicted molar refractivity (Wildman–Crippen MR) is 87.7 cm³/mol. The minimum Gasteiger partial charge on any atom is -0.325 e. The number of hydrogen-bond acceptors (Lipinski definition) is 3. The average Bonchev–Trinajstić information content (AvgIpc) is 2.43. The normalized spacial score (nSPS) is 18.8. The Morgan fingerprint density at radius 2 is 2.14 bits per heavy atom. The van der Waals surface area contributed by atoms with Gasteiger partial charge in [-0.05, 0) is 63.5 Å². The van der Waals surface area contributed by atoms with Crippen molar-refractivity contribution < 1.29 is 4.79 Å². The lowest BCUT2D eigenvalue weighted by atomic mass is 10.0. The fourth-order valence-corrected chi connectivity index (χ4v) is 2.79. The number of anilines is 1. The number of carbonyl (C=O) groups excluding carboxylic acids is 1. The SMILES string of the molecule is Cc1ccc(NC(=O)CN(C)CC2CCCCN2)cc1C. The van der Waals surface area contributed by atoms with Crippen LogP contribution in [-0.2, 0) is 4.79 Å². The molecule has 0 radical (unpaired) electrons. The number of piperidine rings is 1. The molecule has 116 valence electrons. The fraction of sp³-hybridized carbons (Fsp3) is 0.588. The van der Waals surface area contributed by atoms with Gasteiger partial charge < -0.3 is 10.6 Å². The zero-order valence-corrected chi connectivity index (χ0v) is 13.4. The summed E-state index contributed by atoms with van der Waals surface area (Å²) in [6, 6.07) is 6.55. The molecule has 1 unspecified atom stereocenters. The molecule has 2 N–H and O–H groups in total. The minimum absolute atomic E-state index is 0.0524. The summed E-state index contributed by atoms with van der Waals surface area (Å²) in [6.45, 7) is 6.61. The monoisotopic (exact) mass is 289 g/mol. The second-order valence-electron chi connectivity index (χ2n) is 6.19. The highest BCUT2D eigenvalue weighted by atomic mass is 16.2. The number of likely N-dealkylation sites (N-methyl/N-ethyl adjacent to an activating group) is 1. The largest absolute Gasteiger partial charge is 0.325 e. The molecule has 1 aliphatic heterocycles. The molecule has 21 heavy (non-hydrogen) atoms. The van der Waals surface area contributed by atoms with E-state index >= 15 is 0 Å². The van der Waals surface area contributed by atoms with Crippen LogP contribution in [0.1, 0.15) is 30.4 Å². The Hall–Kier alpha value is -1.39. The fourth-order valence-electron chi connectivity index (χ4n) is 2.79. The van der Waals surface area contributed by atoms with E-state index < -0.39 is 0 Å². The average molecular weight is 289 g/mol. The van der Waals surface area contributed by atoms with Gasteiger partial charge in [-0.2, -0.15) is 0 Å². The van der Waals surface area contributed by atoms with Gasteiger partial charge in [0, 0.05) is 18.3 Å². The zero-order chi connectivity index (χ0) is 15.2. The van der Waals surface area contributed by atoms with E-state index in [0.717, 1.165) is 18.8 Å². The van der Waals surface area contributed by atoms with E-state index in [2.05, 4.69) is 29.4 Å². The van der Waals surface area contributed by atoms with Crippen molar-refractivity contribution in [1.82, 2.24) is 10.2 Å². The molecular weight excluding hydrogens is 262 g/mol. The lowest BCUT2D eigenvalue weighted by molar-refractivity contribution is -0.117. The van der Waals surface area contributed by atoms with Gasteiger partial charge in [-0.25, -0.2) is 0 Å². The second kappa shape index (κ2) is 7.57. The van der Waals surface area contributed by atoms with E-state index in [1.54, 1.807) is 0 Å². The van der Waals surface area contributed by atoms with Crippen LogP contribution in [0.2, 0.25) is 0 Å². The molecule has 2 rings (SSSR count). The standard InChI is InChI=1S/C17H27N3O/c1-13-7-8-15(10-14(13)2)19-17(21)12-20(3)11-16-6-4-5-9-18-16/h7-8,10,16,18H,4-6,9,11-12H2,1-3H3,(H,19,21). The zero-order valence-electron chi connectivity index (χ0n) is 13.4. The van der Waals surface area contributed by atoms with Crippen LogP contribution in [0.4, 0.5) is 5.69 Å². The van der Waals surface area contributed by atoms with Gasteiger partial charge in [-0.15, -0.1) is 0 Å². The van der Waals surface area contributed by atoms with Crippen molar-refractivity contribution in [2.75, 3.05) is 32.0 Å². The maximum atomic E-state index is 12.1. The minimum atomic E-state index is 0.0524. The summed E-state index contributed by atoms with van der Waals surface area (Å²) in [7, 11) is 2.01. The highest BCUT2D eigenvalue weighted by Gasteiger charge is 2.16. The summed E-state index contributed by atoms with van der Waals surface area (Å²) in [4.78, 5) is 14.2. The van der Waals surface area contributed by atoms with E-state index in [9.17, 15) is 4.79 Å². The third-order valence-electron chi connectivity index (χ3n) is 4.15. The van der Waals surface area contributed by atoms with E-state index in [1.165, 1.54) is 30.4 Å². The maximum absolute atomic E-state index is 12.1. The quantitative estimate of drug-likeness (QED) is 0.874. The van der Waals surface area contributed by atoms with Crippen LogP contribution in [-0.4, -0.2) is 43.5 Å².